The molecule has 1 aliphatic heterocycles. The molecule has 2 fully saturated rings. The first kappa shape index (κ1) is 11.1. The third-order valence-corrected chi connectivity index (χ3v) is 4.94. The molecule has 0 unspecified atom stereocenters. The number of piperidine rings is 1. The largest absolute Gasteiger partial charge is 0.371 e. The van der Waals surface area contributed by atoms with Crippen LogP contribution in [0, 0.1) is 12.3 Å². The fourth-order valence-corrected chi connectivity index (χ4v) is 3.77. The van der Waals surface area contributed by atoms with Gasteiger partial charge in [-0.05, 0) is 49.7 Å². The van der Waals surface area contributed by atoms with Crippen LogP contribution in [0.25, 0.3) is 0 Å². The number of para-hydroxylation sites is 1. The van der Waals surface area contributed by atoms with Crippen molar-refractivity contribution in [3.8, 4) is 0 Å². The topological polar surface area (TPSA) is 3.24 Å². The van der Waals surface area contributed by atoms with Crippen LogP contribution < -0.4 is 4.90 Å². The van der Waals surface area contributed by atoms with Gasteiger partial charge in [-0.15, -0.1) is 0 Å². The molecule has 1 aliphatic carbocycles. The van der Waals surface area contributed by atoms with Crippen LogP contribution in [0.15, 0.2) is 24.3 Å². The zero-order valence-corrected chi connectivity index (χ0v) is 10.9. The van der Waals surface area contributed by atoms with Gasteiger partial charge in [0.2, 0.25) is 0 Å². The molecule has 0 radical (unpaired) electrons. The van der Waals surface area contributed by atoms with Crippen molar-refractivity contribution in [2.24, 2.45) is 5.41 Å². The monoisotopic (exact) mass is 229 g/mol. The first-order valence-electron chi connectivity index (χ1n) is 7.10. The van der Waals surface area contributed by atoms with Gasteiger partial charge in [0.15, 0.2) is 0 Å². The molecule has 0 atom stereocenters. The van der Waals surface area contributed by atoms with Crippen LogP contribution in [0.1, 0.15) is 44.1 Å². The average Bonchev–Trinajstić information content (AvgIpc) is 2.80. The van der Waals surface area contributed by atoms with Gasteiger partial charge in [0.1, 0.15) is 0 Å². The Hall–Kier alpha value is -0.980. The van der Waals surface area contributed by atoms with E-state index in [-0.39, 0.29) is 0 Å². The molecule has 0 bridgehead atoms. The number of rotatable bonds is 1. The SMILES string of the molecule is Cc1ccccc1N1CCC2(CCCC2)CC1. The van der Waals surface area contributed by atoms with Gasteiger partial charge in [0.25, 0.3) is 0 Å². The molecule has 1 aromatic carbocycles. The van der Waals surface area contributed by atoms with Gasteiger partial charge >= 0.3 is 0 Å². The van der Waals surface area contributed by atoms with E-state index in [1.54, 1.807) is 0 Å². The summed E-state index contributed by atoms with van der Waals surface area (Å²) in [6.07, 6.45) is 8.78. The summed E-state index contributed by atoms with van der Waals surface area (Å²) in [6.45, 7) is 4.77. The number of nitrogens with zero attached hydrogens (tertiary/aromatic N) is 1. The van der Waals surface area contributed by atoms with Gasteiger partial charge in [-0.25, -0.2) is 0 Å². The Labute approximate surface area is 105 Å². The lowest BCUT2D eigenvalue weighted by molar-refractivity contribution is 0.226. The lowest BCUT2D eigenvalue weighted by Crippen LogP contribution is -2.39. The van der Waals surface area contributed by atoms with Crippen LogP contribution in [0.4, 0.5) is 5.69 Å². The normalized spacial score (nSPS) is 23.2. The number of benzene rings is 1. The van der Waals surface area contributed by atoms with E-state index in [1.165, 1.54) is 62.9 Å². The third kappa shape index (κ3) is 2.08. The summed E-state index contributed by atoms with van der Waals surface area (Å²) in [4.78, 5) is 2.60. The van der Waals surface area contributed by atoms with Crippen LogP contribution >= 0.6 is 0 Å². The predicted octanol–water partition coefficient (Wildman–Crippen LogP) is 4.16. The van der Waals surface area contributed by atoms with Crippen molar-refractivity contribution in [2.75, 3.05) is 18.0 Å². The van der Waals surface area contributed by atoms with Crippen molar-refractivity contribution in [1.29, 1.82) is 0 Å². The zero-order valence-electron chi connectivity index (χ0n) is 10.9. The molecule has 2 aliphatic rings. The lowest BCUT2D eigenvalue weighted by Gasteiger charge is -2.41. The molecule has 1 nitrogen and oxygen atoms in total. The van der Waals surface area contributed by atoms with E-state index in [0.717, 1.165) is 5.41 Å². The highest BCUT2D eigenvalue weighted by atomic mass is 15.1. The molecular weight excluding hydrogens is 206 g/mol. The smallest absolute Gasteiger partial charge is 0.0395 e. The molecule has 3 rings (SSSR count). The number of hydrogen-bond acceptors (Lipinski definition) is 1. The van der Waals surface area contributed by atoms with Crippen LogP contribution in [-0.2, 0) is 0 Å². The van der Waals surface area contributed by atoms with Crippen molar-refractivity contribution < 1.29 is 0 Å². The van der Waals surface area contributed by atoms with Crippen molar-refractivity contribution in [3.63, 3.8) is 0 Å². The highest BCUT2D eigenvalue weighted by Gasteiger charge is 2.36. The molecule has 92 valence electrons. The molecule has 0 N–H and O–H groups in total. The van der Waals surface area contributed by atoms with Crippen LogP contribution in [0.3, 0.4) is 0 Å². The highest BCUT2D eigenvalue weighted by Crippen LogP contribution is 2.46. The van der Waals surface area contributed by atoms with Crippen LogP contribution in [0.5, 0.6) is 0 Å². The van der Waals surface area contributed by atoms with E-state index in [0.29, 0.717) is 0 Å². The summed E-state index contributed by atoms with van der Waals surface area (Å²) in [7, 11) is 0. The molecule has 1 saturated heterocycles. The Morgan fingerprint density at radius 1 is 0.941 bits per heavy atom. The van der Waals surface area contributed by atoms with Crippen molar-refractivity contribution in [3.05, 3.63) is 29.8 Å². The van der Waals surface area contributed by atoms with Crippen molar-refractivity contribution in [2.45, 2.75) is 45.4 Å². The van der Waals surface area contributed by atoms with E-state index < -0.39 is 0 Å². The average molecular weight is 229 g/mol. The summed E-state index contributed by atoms with van der Waals surface area (Å²) in [5.41, 5.74) is 3.62. The van der Waals surface area contributed by atoms with Gasteiger partial charge in [0, 0.05) is 18.8 Å². The fraction of sp³-hybridized carbons (Fsp3) is 0.625. The second-order valence-electron chi connectivity index (χ2n) is 5.98. The molecule has 1 heteroatoms. The molecule has 17 heavy (non-hydrogen) atoms. The van der Waals surface area contributed by atoms with Crippen molar-refractivity contribution in [1.82, 2.24) is 0 Å². The molecule has 1 saturated carbocycles. The maximum Gasteiger partial charge on any atom is 0.0395 e. The maximum absolute atomic E-state index is 2.60. The summed E-state index contributed by atoms with van der Waals surface area (Å²) in [5.74, 6) is 0. The second kappa shape index (κ2) is 4.36. The Kier molecular flexibility index (Phi) is 2.85. The summed E-state index contributed by atoms with van der Waals surface area (Å²) < 4.78 is 0. The van der Waals surface area contributed by atoms with E-state index >= 15 is 0 Å². The quantitative estimate of drug-likeness (QED) is 0.699. The summed E-state index contributed by atoms with van der Waals surface area (Å²) in [6, 6.07) is 8.82. The molecule has 0 aromatic heterocycles. The van der Waals surface area contributed by atoms with Gasteiger partial charge in [-0.3, -0.25) is 0 Å². The minimum absolute atomic E-state index is 0.735. The molecule has 0 amide bonds. The van der Waals surface area contributed by atoms with Gasteiger partial charge < -0.3 is 4.90 Å². The number of aryl methyl sites for hydroxylation is 1. The minimum atomic E-state index is 0.735. The van der Waals surface area contributed by atoms with Crippen LogP contribution in [0.2, 0.25) is 0 Å². The Morgan fingerprint density at radius 2 is 1.59 bits per heavy atom. The van der Waals surface area contributed by atoms with Crippen LogP contribution in [-0.4, -0.2) is 13.1 Å². The third-order valence-electron chi connectivity index (χ3n) is 4.94. The van der Waals surface area contributed by atoms with Crippen molar-refractivity contribution >= 4 is 5.69 Å². The van der Waals surface area contributed by atoms with Gasteiger partial charge in [-0.2, -0.15) is 0 Å². The van der Waals surface area contributed by atoms with Gasteiger partial charge in [-0.1, -0.05) is 31.0 Å². The Morgan fingerprint density at radius 3 is 2.24 bits per heavy atom. The predicted molar refractivity (Wildman–Crippen MR) is 73.5 cm³/mol. The second-order valence-corrected chi connectivity index (χ2v) is 5.98. The maximum atomic E-state index is 2.60. The fourth-order valence-electron chi connectivity index (χ4n) is 3.77. The van der Waals surface area contributed by atoms with E-state index in [4.69, 9.17) is 0 Å². The molecule has 1 spiro atoms. The summed E-state index contributed by atoms with van der Waals surface area (Å²) in [5, 5.41) is 0. The standard InChI is InChI=1S/C16H23N/c1-14-6-2-3-7-15(14)17-12-10-16(11-13-17)8-4-5-9-16/h2-3,6-7H,4-5,8-13H2,1H3. The first-order valence-corrected chi connectivity index (χ1v) is 7.10. The molecular formula is C16H23N. The Balaban J connectivity index is 1.71. The molecule has 1 heterocycles. The Bertz CT molecular complexity index is 380. The van der Waals surface area contributed by atoms with E-state index in [9.17, 15) is 0 Å². The number of hydrogen-bond donors (Lipinski definition) is 0. The highest BCUT2D eigenvalue weighted by molar-refractivity contribution is 5.53. The zero-order chi connectivity index (χ0) is 11.7. The summed E-state index contributed by atoms with van der Waals surface area (Å²) >= 11 is 0. The van der Waals surface area contributed by atoms with E-state index in [1.807, 2.05) is 0 Å². The first-order chi connectivity index (χ1) is 8.29. The molecule has 1 aromatic rings. The lowest BCUT2D eigenvalue weighted by atomic mass is 9.77. The van der Waals surface area contributed by atoms with E-state index in [2.05, 4.69) is 36.1 Å². The van der Waals surface area contributed by atoms with Gasteiger partial charge in [0.05, 0.1) is 0 Å². The number of anilines is 1. The minimum Gasteiger partial charge on any atom is -0.371 e.